The fourth-order valence-electron chi connectivity index (χ4n) is 1.76. The minimum atomic E-state index is -0.365. The molecule has 0 fully saturated rings. The number of halogens is 1. The molecule has 2 rings (SSSR count). The molecule has 0 saturated carbocycles. The van der Waals surface area contributed by atoms with Gasteiger partial charge < -0.3 is 10.5 Å². The molecule has 2 aromatic rings. The molecule has 110 valence electrons. The average Bonchev–Trinajstić information content (AvgIpc) is 2.52. The van der Waals surface area contributed by atoms with Crippen LogP contribution >= 0.6 is 11.8 Å². The zero-order chi connectivity index (χ0) is 15.1. The number of thioether (sulfide) groups is 1. The van der Waals surface area contributed by atoms with Crippen molar-refractivity contribution in [2.24, 2.45) is 10.7 Å². The Bertz CT molecular complexity index is 617. The standard InChI is InChI=1S/C16H17FN2OS/c1-20-15-8-7-13(9-14(15)17)11-21-16(18)19-10-12-5-3-2-4-6-12/h2-9H,10-11H2,1H3,(H2,18,19). The maximum atomic E-state index is 13.5. The molecule has 0 amide bonds. The number of ether oxygens (including phenoxy) is 1. The van der Waals surface area contributed by atoms with Gasteiger partial charge in [-0.2, -0.15) is 0 Å². The number of hydrogen-bond acceptors (Lipinski definition) is 3. The molecule has 0 aliphatic heterocycles. The number of rotatable bonds is 5. The minimum Gasteiger partial charge on any atom is -0.494 e. The van der Waals surface area contributed by atoms with Gasteiger partial charge in [0.25, 0.3) is 0 Å². The highest BCUT2D eigenvalue weighted by Gasteiger charge is 2.04. The smallest absolute Gasteiger partial charge is 0.165 e. The predicted molar refractivity (Wildman–Crippen MR) is 86.0 cm³/mol. The summed E-state index contributed by atoms with van der Waals surface area (Å²) in [6, 6.07) is 14.8. The summed E-state index contributed by atoms with van der Waals surface area (Å²) in [4.78, 5) is 4.30. The number of methoxy groups -OCH3 is 1. The van der Waals surface area contributed by atoms with E-state index in [-0.39, 0.29) is 11.6 Å². The van der Waals surface area contributed by atoms with Gasteiger partial charge >= 0.3 is 0 Å². The van der Waals surface area contributed by atoms with Crippen LogP contribution in [0.15, 0.2) is 53.5 Å². The van der Waals surface area contributed by atoms with Crippen molar-refractivity contribution < 1.29 is 9.13 Å². The van der Waals surface area contributed by atoms with E-state index in [1.165, 1.54) is 24.9 Å². The Morgan fingerprint density at radius 3 is 2.62 bits per heavy atom. The molecule has 0 radical (unpaired) electrons. The zero-order valence-corrected chi connectivity index (χ0v) is 12.6. The Morgan fingerprint density at radius 2 is 1.95 bits per heavy atom. The van der Waals surface area contributed by atoms with Crippen LogP contribution in [0.3, 0.4) is 0 Å². The summed E-state index contributed by atoms with van der Waals surface area (Å²) in [6.45, 7) is 0.552. The van der Waals surface area contributed by atoms with Gasteiger partial charge in [-0.05, 0) is 23.3 Å². The summed E-state index contributed by atoms with van der Waals surface area (Å²) in [6.07, 6.45) is 0. The number of amidine groups is 1. The first-order valence-electron chi connectivity index (χ1n) is 6.48. The zero-order valence-electron chi connectivity index (χ0n) is 11.8. The van der Waals surface area contributed by atoms with E-state index in [0.717, 1.165) is 11.1 Å². The van der Waals surface area contributed by atoms with Gasteiger partial charge in [0.05, 0.1) is 13.7 Å². The second-order valence-corrected chi connectivity index (χ2v) is 5.39. The van der Waals surface area contributed by atoms with Crippen molar-refractivity contribution in [1.29, 1.82) is 0 Å². The Morgan fingerprint density at radius 1 is 1.19 bits per heavy atom. The van der Waals surface area contributed by atoms with Gasteiger partial charge in [-0.1, -0.05) is 48.2 Å². The molecule has 3 nitrogen and oxygen atoms in total. The Kier molecular flexibility index (Phi) is 5.63. The third-order valence-electron chi connectivity index (χ3n) is 2.86. The number of nitrogens with two attached hydrogens (primary N) is 1. The monoisotopic (exact) mass is 304 g/mol. The molecular weight excluding hydrogens is 287 g/mol. The van der Waals surface area contributed by atoms with Crippen molar-refractivity contribution in [2.45, 2.75) is 12.3 Å². The molecule has 2 aromatic carbocycles. The van der Waals surface area contributed by atoms with Gasteiger partial charge in [0, 0.05) is 5.75 Å². The lowest BCUT2D eigenvalue weighted by Crippen LogP contribution is -2.07. The first kappa shape index (κ1) is 15.4. The minimum absolute atomic E-state index is 0.245. The summed E-state index contributed by atoms with van der Waals surface area (Å²) in [5, 5.41) is 0.495. The van der Waals surface area contributed by atoms with Crippen LogP contribution in [-0.4, -0.2) is 12.3 Å². The van der Waals surface area contributed by atoms with Crippen molar-refractivity contribution in [1.82, 2.24) is 0 Å². The molecule has 0 saturated heterocycles. The van der Waals surface area contributed by atoms with E-state index in [2.05, 4.69) is 4.99 Å². The lowest BCUT2D eigenvalue weighted by atomic mass is 10.2. The average molecular weight is 304 g/mol. The fraction of sp³-hybridized carbons (Fsp3) is 0.188. The predicted octanol–water partition coefficient (Wildman–Crippen LogP) is 3.58. The molecule has 0 aliphatic rings. The van der Waals surface area contributed by atoms with Gasteiger partial charge in [0.15, 0.2) is 16.7 Å². The van der Waals surface area contributed by atoms with Gasteiger partial charge in [0.2, 0.25) is 0 Å². The van der Waals surface area contributed by atoms with E-state index in [0.29, 0.717) is 17.5 Å². The Labute approximate surface area is 128 Å². The van der Waals surface area contributed by atoms with E-state index in [9.17, 15) is 4.39 Å². The fourth-order valence-corrected chi connectivity index (χ4v) is 2.41. The molecule has 0 heterocycles. The highest BCUT2D eigenvalue weighted by Crippen LogP contribution is 2.20. The second-order valence-electron chi connectivity index (χ2n) is 4.40. The SMILES string of the molecule is COc1ccc(CSC(N)=NCc2ccccc2)cc1F. The van der Waals surface area contributed by atoms with Gasteiger partial charge in [-0.25, -0.2) is 4.39 Å². The third kappa shape index (κ3) is 4.79. The van der Waals surface area contributed by atoms with Crippen LogP contribution in [0, 0.1) is 5.82 Å². The summed E-state index contributed by atoms with van der Waals surface area (Å²) in [5.74, 6) is 0.454. The maximum Gasteiger partial charge on any atom is 0.165 e. The summed E-state index contributed by atoms with van der Waals surface area (Å²) in [5.41, 5.74) is 7.81. The molecule has 2 N–H and O–H groups in total. The molecule has 0 bridgehead atoms. The van der Waals surface area contributed by atoms with E-state index in [1.54, 1.807) is 6.07 Å². The van der Waals surface area contributed by atoms with Crippen LogP contribution in [0.25, 0.3) is 0 Å². The first-order chi connectivity index (χ1) is 10.2. The van der Waals surface area contributed by atoms with Crippen LogP contribution in [0.2, 0.25) is 0 Å². The summed E-state index contributed by atoms with van der Waals surface area (Å²) in [7, 11) is 1.45. The highest BCUT2D eigenvalue weighted by atomic mass is 32.2. The van der Waals surface area contributed by atoms with E-state index in [4.69, 9.17) is 10.5 Å². The van der Waals surface area contributed by atoms with Crippen molar-refractivity contribution in [2.75, 3.05) is 7.11 Å². The topological polar surface area (TPSA) is 47.6 Å². The Hall–Kier alpha value is -2.01. The number of hydrogen-bond donors (Lipinski definition) is 1. The molecule has 21 heavy (non-hydrogen) atoms. The lowest BCUT2D eigenvalue weighted by molar-refractivity contribution is 0.386. The van der Waals surface area contributed by atoms with Crippen LogP contribution in [0.5, 0.6) is 5.75 Å². The van der Waals surface area contributed by atoms with Crippen LogP contribution in [0.4, 0.5) is 4.39 Å². The molecular formula is C16H17FN2OS. The number of benzene rings is 2. The molecule has 0 unspecified atom stereocenters. The molecule has 0 aliphatic carbocycles. The molecule has 0 atom stereocenters. The lowest BCUT2D eigenvalue weighted by Gasteiger charge is -2.05. The van der Waals surface area contributed by atoms with E-state index < -0.39 is 0 Å². The van der Waals surface area contributed by atoms with Crippen LogP contribution in [-0.2, 0) is 12.3 Å². The second kappa shape index (κ2) is 7.69. The Balaban J connectivity index is 1.88. The van der Waals surface area contributed by atoms with Crippen LogP contribution in [0.1, 0.15) is 11.1 Å². The molecule has 5 heteroatoms. The van der Waals surface area contributed by atoms with Crippen molar-refractivity contribution >= 4 is 16.9 Å². The van der Waals surface area contributed by atoms with Crippen molar-refractivity contribution in [3.8, 4) is 5.75 Å². The van der Waals surface area contributed by atoms with Crippen LogP contribution < -0.4 is 10.5 Å². The highest BCUT2D eigenvalue weighted by molar-refractivity contribution is 8.13. The quantitative estimate of drug-likeness (QED) is 0.678. The van der Waals surface area contributed by atoms with Gasteiger partial charge in [0.1, 0.15) is 0 Å². The van der Waals surface area contributed by atoms with E-state index in [1.807, 2.05) is 36.4 Å². The van der Waals surface area contributed by atoms with Crippen molar-refractivity contribution in [3.05, 3.63) is 65.5 Å². The number of nitrogens with zero attached hydrogens (tertiary/aromatic N) is 1. The molecule has 0 aromatic heterocycles. The van der Waals surface area contributed by atoms with E-state index >= 15 is 0 Å². The van der Waals surface area contributed by atoms with Crippen molar-refractivity contribution in [3.63, 3.8) is 0 Å². The largest absolute Gasteiger partial charge is 0.494 e. The summed E-state index contributed by atoms with van der Waals surface area (Å²) < 4.78 is 18.4. The maximum absolute atomic E-state index is 13.5. The normalized spacial score (nSPS) is 11.4. The summed E-state index contributed by atoms with van der Waals surface area (Å²) >= 11 is 1.39. The van der Waals surface area contributed by atoms with Gasteiger partial charge in [-0.3, -0.25) is 4.99 Å². The first-order valence-corrected chi connectivity index (χ1v) is 7.46. The molecule has 0 spiro atoms. The third-order valence-corrected chi connectivity index (χ3v) is 3.77. The van der Waals surface area contributed by atoms with Gasteiger partial charge in [-0.15, -0.1) is 0 Å². The number of aliphatic imine (C=N–C) groups is 1.